The quantitative estimate of drug-likeness (QED) is 0.289. The van der Waals surface area contributed by atoms with Crippen LogP contribution in [0.5, 0.6) is 0 Å². The summed E-state index contributed by atoms with van der Waals surface area (Å²) in [5, 5.41) is 15.2. The molecule has 2 aliphatic rings. The van der Waals surface area contributed by atoms with E-state index in [1.54, 1.807) is 0 Å². The second-order valence-electron chi connectivity index (χ2n) is 11.4. The number of hydrogen-bond acceptors (Lipinski definition) is 5. The Balaban J connectivity index is 1.26. The van der Waals surface area contributed by atoms with Crippen LogP contribution in [0.3, 0.4) is 0 Å². The van der Waals surface area contributed by atoms with E-state index in [2.05, 4.69) is 51.9 Å². The number of likely N-dealkylation sites (tertiary alicyclic amines) is 1. The summed E-state index contributed by atoms with van der Waals surface area (Å²) in [6.07, 6.45) is 1.04. The van der Waals surface area contributed by atoms with Crippen molar-refractivity contribution in [3.05, 3.63) is 95.6 Å². The van der Waals surface area contributed by atoms with Gasteiger partial charge < -0.3 is 20.5 Å². The van der Waals surface area contributed by atoms with E-state index in [1.807, 2.05) is 49.4 Å². The highest BCUT2D eigenvalue weighted by Crippen LogP contribution is 2.44. The number of rotatable bonds is 11. The Morgan fingerprint density at radius 2 is 1.52 bits per heavy atom. The first-order valence-electron chi connectivity index (χ1n) is 14.8. The first-order chi connectivity index (χ1) is 20.4. The predicted octanol–water partition coefficient (Wildman–Crippen LogP) is 5.32. The van der Waals surface area contributed by atoms with Crippen LogP contribution in [0.25, 0.3) is 11.1 Å². The van der Waals surface area contributed by atoms with E-state index in [0.29, 0.717) is 32.4 Å². The molecule has 1 aliphatic carbocycles. The number of ether oxygens (including phenoxy) is 1. The van der Waals surface area contributed by atoms with Crippen molar-refractivity contribution < 1.29 is 24.2 Å². The van der Waals surface area contributed by atoms with Gasteiger partial charge in [-0.1, -0.05) is 85.8 Å². The zero-order chi connectivity index (χ0) is 29.5. The third kappa shape index (κ3) is 6.99. The Kier molecular flexibility index (Phi) is 9.22. The van der Waals surface area contributed by atoms with E-state index in [1.165, 1.54) is 5.56 Å². The van der Waals surface area contributed by atoms with Gasteiger partial charge in [0.1, 0.15) is 6.61 Å². The fourth-order valence-corrected chi connectivity index (χ4v) is 6.27. The second-order valence-corrected chi connectivity index (χ2v) is 11.4. The molecule has 0 bridgehead atoms. The highest BCUT2D eigenvalue weighted by atomic mass is 16.5. The molecule has 1 saturated heterocycles. The van der Waals surface area contributed by atoms with Crippen LogP contribution in [0.2, 0.25) is 0 Å². The van der Waals surface area contributed by atoms with Crippen LogP contribution in [-0.2, 0) is 20.9 Å². The number of benzene rings is 3. The van der Waals surface area contributed by atoms with Gasteiger partial charge in [-0.15, -0.1) is 0 Å². The van der Waals surface area contributed by atoms with Crippen molar-refractivity contribution in [2.24, 2.45) is 0 Å². The van der Waals surface area contributed by atoms with Crippen molar-refractivity contribution in [2.45, 2.75) is 63.1 Å². The maximum Gasteiger partial charge on any atom is 0.407 e. The summed E-state index contributed by atoms with van der Waals surface area (Å²) >= 11 is 0. The Morgan fingerprint density at radius 1 is 0.929 bits per heavy atom. The van der Waals surface area contributed by atoms with E-state index in [4.69, 9.17) is 4.74 Å². The number of aliphatic carboxylic acids is 1. The van der Waals surface area contributed by atoms with Crippen molar-refractivity contribution in [3.63, 3.8) is 0 Å². The molecule has 220 valence electrons. The van der Waals surface area contributed by atoms with Crippen molar-refractivity contribution >= 4 is 18.0 Å². The Labute approximate surface area is 247 Å². The lowest BCUT2D eigenvalue weighted by Gasteiger charge is -2.42. The van der Waals surface area contributed by atoms with Gasteiger partial charge in [0.2, 0.25) is 5.91 Å². The van der Waals surface area contributed by atoms with Crippen molar-refractivity contribution in [1.82, 2.24) is 15.5 Å². The van der Waals surface area contributed by atoms with Gasteiger partial charge >= 0.3 is 12.1 Å². The molecule has 0 radical (unpaired) electrons. The van der Waals surface area contributed by atoms with Gasteiger partial charge in [0.15, 0.2) is 0 Å². The largest absolute Gasteiger partial charge is 0.481 e. The SMILES string of the molecule is CC[C@@H](CC(=O)O)NC(=O)CC1(NC(=O)OCC2c3ccccc3-c3ccccc32)CCN(Cc2ccccc2)CC1. The van der Waals surface area contributed by atoms with Gasteiger partial charge in [-0.05, 0) is 47.1 Å². The molecule has 1 fully saturated rings. The highest BCUT2D eigenvalue weighted by molar-refractivity contribution is 5.81. The van der Waals surface area contributed by atoms with Gasteiger partial charge in [-0.3, -0.25) is 14.5 Å². The molecule has 3 aromatic rings. The molecule has 0 saturated carbocycles. The first-order valence-corrected chi connectivity index (χ1v) is 14.8. The second kappa shape index (κ2) is 13.2. The van der Waals surface area contributed by atoms with Gasteiger partial charge in [0.05, 0.1) is 12.0 Å². The number of carboxylic acid groups (broad SMARTS) is 1. The van der Waals surface area contributed by atoms with Crippen molar-refractivity contribution in [1.29, 1.82) is 0 Å². The molecule has 5 rings (SSSR count). The fourth-order valence-electron chi connectivity index (χ4n) is 6.27. The summed E-state index contributed by atoms with van der Waals surface area (Å²) in [6, 6.07) is 26.2. The Morgan fingerprint density at radius 3 is 2.12 bits per heavy atom. The number of fused-ring (bicyclic) bond motifs is 3. The molecule has 0 unspecified atom stereocenters. The Bertz CT molecular complexity index is 1360. The minimum absolute atomic E-state index is 0.0588. The molecule has 0 aromatic heterocycles. The number of carbonyl (C=O) groups is 3. The van der Waals surface area contributed by atoms with Crippen LogP contribution in [0.1, 0.15) is 61.6 Å². The summed E-state index contributed by atoms with van der Waals surface area (Å²) in [6.45, 7) is 4.25. The number of hydrogen-bond donors (Lipinski definition) is 3. The minimum Gasteiger partial charge on any atom is -0.481 e. The molecular weight excluding hydrogens is 530 g/mol. The van der Waals surface area contributed by atoms with Gasteiger partial charge in [-0.2, -0.15) is 0 Å². The maximum atomic E-state index is 13.3. The van der Waals surface area contributed by atoms with Crippen molar-refractivity contribution in [3.8, 4) is 11.1 Å². The molecule has 1 heterocycles. The number of carbonyl (C=O) groups excluding carboxylic acids is 2. The first kappa shape index (κ1) is 29.3. The molecule has 42 heavy (non-hydrogen) atoms. The summed E-state index contributed by atoms with van der Waals surface area (Å²) in [4.78, 5) is 40.0. The normalized spacial score (nSPS) is 16.6. The molecule has 2 amide bonds. The highest BCUT2D eigenvalue weighted by Gasteiger charge is 2.39. The van der Waals surface area contributed by atoms with Crippen LogP contribution in [0, 0.1) is 0 Å². The van der Waals surface area contributed by atoms with E-state index in [9.17, 15) is 19.5 Å². The van der Waals surface area contributed by atoms with Crippen LogP contribution in [0.15, 0.2) is 78.9 Å². The van der Waals surface area contributed by atoms with Gasteiger partial charge in [0, 0.05) is 38.0 Å². The van der Waals surface area contributed by atoms with E-state index in [-0.39, 0.29) is 31.3 Å². The van der Waals surface area contributed by atoms with Crippen molar-refractivity contribution in [2.75, 3.05) is 19.7 Å². The zero-order valence-corrected chi connectivity index (χ0v) is 24.1. The molecule has 0 spiro atoms. The summed E-state index contributed by atoms with van der Waals surface area (Å²) < 4.78 is 5.85. The molecular formula is C34H39N3O5. The average Bonchev–Trinajstić information content (AvgIpc) is 3.31. The lowest BCUT2D eigenvalue weighted by molar-refractivity contribution is -0.137. The topological polar surface area (TPSA) is 108 Å². The molecule has 8 heteroatoms. The molecule has 1 atom stereocenters. The van der Waals surface area contributed by atoms with E-state index < -0.39 is 23.6 Å². The molecule has 8 nitrogen and oxygen atoms in total. The molecule has 3 N–H and O–H groups in total. The maximum absolute atomic E-state index is 13.3. The van der Waals surface area contributed by atoms with E-state index in [0.717, 1.165) is 28.8 Å². The number of piperidine rings is 1. The lowest BCUT2D eigenvalue weighted by atomic mass is 9.83. The third-order valence-corrected chi connectivity index (χ3v) is 8.55. The predicted molar refractivity (Wildman–Crippen MR) is 161 cm³/mol. The molecule has 1 aliphatic heterocycles. The van der Waals surface area contributed by atoms with Crippen LogP contribution < -0.4 is 10.6 Å². The smallest absolute Gasteiger partial charge is 0.407 e. The Hall–Kier alpha value is -4.17. The minimum atomic E-state index is -0.956. The standard InChI is InChI=1S/C34H39N3O5/c1-2-25(20-32(39)40)35-31(38)21-34(16-18-37(19-17-34)22-24-10-4-3-5-11-24)36-33(41)42-23-30-28-14-8-6-12-26(28)27-13-7-9-15-29(27)30/h3-15,25,30H,2,16-23H2,1H3,(H,35,38)(H,36,41)(H,39,40)/t25-/m0/s1. The average molecular weight is 570 g/mol. The lowest BCUT2D eigenvalue weighted by Crippen LogP contribution is -2.57. The third-order valence-electron chi connectivity index (χ3n) is 8.55. The zero-order valence-electron chi connectivity index (χ0n) is 24.1. The number of nitrogens with one attached hydrogen (secondary N) is 2. The summed E-state index contributed by atoms with van der Waals surface area (Å²) in [7, 11) is 0. The van der Waals surface area contributed by atoms with Gasteiger partial charge in [0.25, 0.3) is 0 Å². The number of nitrogens with zero attached hydrogens (tertiary/aromatic N) is 1. The van der Waals surface area contributed by atoms with E-state index >= 15 is 0 Å². The molecule has 3 aromatic carbocycles. The van der Waals surface area contributed by atoms with Crippen LogP contribution in [0.4, 0.5) is 4.79 Å². The monoisotopic (exact) mass is 569 g/mol. The van der Waals surface area contributed by atoms with Crippen LogP contribution >= 0.6 is 0 Å². The number of alkyl carbamates (subject to hydrolysis) is 1. The fraction of sp³-hybridized carbons (Fsp3) is 0.382. The number of amides is 2. The van der Waals surface area contributed by atoms with Gasteiger partial charge in [-0.25, -0.2) is 4.79 Å². The number of carboxylic acids is 1. The summed E-state index contributed by atoms with van der Waals surface area (Å²) in [5.74, 6) is -1.28. The summed E-state index contributed by atoms with van der Waals surface area (Å²) in [5.41, 5.74) is 5.02. The van der Waals surface area contributed by atoms with Crippen LogP contribution in [-0.4, -0.2) is 59.3 Å².